The number of nitrogens with zero attached hydrogens (tertiary/aromatic N) is 6. The Hall–Kier alpha value is -2.32. The quantitative estimate of drug-likeness (QED) is 0.783. The average molecular weight is 328 g/mol. The van der Waals surface area contributed by atoms with E-state index in [0.29, 0.717) is 0 Å². The Morgan fingerprint density at radius 2 is 0.917 bits per heavy atom. The van der Waals surface area contributed by atoms with E-state index >= 15 is 0 Å². The number of piperazine rings is 2. The Labute approximate surface area is 142 Å². The highest BCUT2D eigenvalue weighted by molar-refractivity contribution is 5.29. The normalized spacial score (nSPS) is 17.8. The fourth-order valence-corrected chi connectivity index (χ4v) is 2.64. The van der Waals surface area contributed by atoms with Crippen molar-refractivity contribution in [3.63, 3.8) is 0 Å². The van der Waals surface area contributed by atoms with Crippen LogP contribution in [0, 0.1) is 0 Å². The van der Waals surface area contributed by atoms with E-state index in [9.17, 15) is 0 Å². The van der Waals surface area contributed by atoms with Gasteiger partial charge in [0.2, 0.25) is 11.9 Å². The van der Waals surface area contributed by atoms with E-state index in [4.69, 9.17) is 0 Å². The highest BCUT2D eigenvalue weighted by atomic mass is 15.3. The fraction of sp³-hybridized carbons (Fsp3) is 0.500. The van der Waals surface area contributed by atoms with Gasteiger partial charge in [-0.15, -0.1) is 0 Å². The molecule has 0 amide bonds. The van der Waals surface area contributed by atoms with E-state index < -0.39 is 0 Å². The summed E-state index contributed by atoms with van der Waals surface area (Å²) in [6, 6.07) is 3.68. The van der Waals surface area contributed by atoms with Crippen LogP contribution in [-0.2, 0) is 0 Å². The average Bonchev–Trinajstić information content (AvgIpc) is 2.71. The Bertz CT molecular complexity index is 514. The van der Waals surface area contributed by atoms with Crippen LogP contribution in [0.25, 0.3) is 0 Å². The van der Waals surface area contributed by atoms with Gasteiger partial charge in [0.25, 0.3) is 0 Å². The molecule has 0 aromatic carbocycles. The van der Waals surface area contributed by atoms with Crippen LogP contribution < -0.4 is 20.4 Å². The molecule has 2 fully saturated rings. The second kappa shape index (κ2) is 9.09. The molecule has 4 rings (SSSR count). The number of aromatic nitrogens is 4. The monoisotopic (exact) mass is 328 g/mol. The third-order valence-corrected chi connectivity index (χ3v) is 3.90. The molecule has 2 aliphatic heterocycles. The molecule has 2 aliphatic rings. The molecule has 0 bridgehead atoms. The zero-order chi connectivity index (χ0) is 16.5. The Kier molecular flexibility index (Phi) is 6.26. The van der Waals surface area contributed by atoms with Gasteiger partial charge in [0.15, 0.2) is 0 Å². The molecule has 0 spiro atoms. The first-order chi connectivity index (χ1) is 11.9. The number of nitrogens with one attached hydrogen (secondary N) is 2. The van der Waals surface area contributed by atoms with Crippen LogP contribution in [0.15, 0.2) is 36.9 Å². The van der Waals surface area contributed by atoms with E-state index in [0.717, 1.165) is 64.3 Å². The molecule has 0 atom stereocenters. The molecule has 2 aromatic rings. The smallest absolute Gasteiger partial charge is 0.225 e. The molecule has 2 N–H and O–H groups in total. The summed E-state index contributed by atoms with van der Waals surface area (Å²) in [5, 5.41) is 6.57. The Morgan fingerprint density at radius 1 is 0.583 bits per heavy atom. The van der Waals surface area contributed by atoms with E-state index in [1.54, 1.807) is 24.8 Å². The third kappa shape index (κ3) is 4.84. The predicted octanol–water partition coefficient (Wildman–Crippen LogP) is -0.228. The standard InChI is InChI=1S/2C8H12N4/c2*1-2-10-8(11-3-1)12-6-4-9-5-7-12/h2*1-3,9H,4-7H2. The topological polar surface area (TPSA) is 82.1 Å². The van der Waals surface area contributed by atoms with Crippen molar-refractivity contribution in [2.45, 2.75) is 0 Å². The minimum Gasteiger partial charge on any atom is -0.338 e. The predicted molar refractivity (Wildman–Crippen MR) is 94.2 cm³/mol. The third-order valence-electron chi connectivity index (χ3n) is 3.90. The van der Waals surface area contributed by atoms with Gasteiger partial charge in [0.05, 0.1) is 0 Å². The molecule has 0 radical (unpaired) electrons. The van der Waals surface area contributed by atoms with E-state index in [1.165, 1.54) is 0 Å². The zero-order valence-electron chi connectivity index (χ0n) is 13.8. The summed E-state index contributed by atoms with van der Waals surface area (Å²) in [4.78, 5) is 21.1. The lowest BCUT2D eigenvalue weighted by atomic mass is 10.4. The van der Waals surface area contributed by atoms with Gasteiger partial charge in [-0.2, -0.15) is 0 Å². The van der Waals surface area contributed by atoms with Gasteiger partial charge in [-0.25, -0.2) is 19.9 Å². The molecule has 2 saturated heterocycles. The van der Waals surface area contributed by atoms with Crippen molar-refractivity contribution < 1.29 is 0 Å². The second-order valence-corrected chi connectivity index (χ2v) is 5.57. The largest absolute Gasteiger partial charge is 0.338 e. The van der Waals surface area contributed by atoms with Crippen molar-refractivity contribution in [3.05, 3.63) is 36.9 Å². The fourth-order valence-electron chi connectivity index (χ4n) is 2.64. The molecule has 0 unspecified atom stereocenters. The number of hydrogen-bond acceptors (Lipinski definition) is 8. The van der Waals surface area contributed by atoms with Gasteiger partial charge in [-0.3, -0.25) is 0 Å². The highest BCUT2D eigenvalue weighted by Crippen LogP contribution is 2.05. The van der Waals surface area contributed by atoms with Crippen LogP contribution in [-0.4, -0.2) is 72.3 Å². The Balaban J connectivity index is 0.000000141. The van der Waals surface area contributed by atoms with Crippen LogP contribution in [0.5, 0.6) is 0 Å². The first kappa shape index (κ1) is 16.5. The molecule has 0 aliphatic carbocycles. The summed E-state index contributed by atoms with van der Waals surface area (Å²) in [6.45, 7) is 8.12. The van der Waals surface area contributed by atoms with Crippen molar-refractivity contribution in [1.82, 2.24) is 30.6 Å². The summed E-state index contributed by atoms with van der Waals surface area (Å²) in [6.07, 6.45) is 7.13. The molecule has 0 saturated carbocycles. The van der Waals surface area contributed by atoms with Crippen molar-refractivity contribution >= 4 is 11.9 Å². The first-order valence-corrected chi connectivity index (χ1v) is 8.39. The van der Waals surface area contributed by atoms with Gasteiger partial charge >= 0.3 is 0 Å². The maximum Gasteiger partial charge on any atom is 0.225 e. The molecular weight excluding hydrogens is 304 g/mol. The first-order valence-electron chi connectivity index (χ1n) is 8.39. The van der Waals surface area contributed by atoms with Crippen LogP contribution in [0.1, 0.15) is 0 Å². The second-order valence-electron chi connectivity index (χ2n) is 5.57. The molecule has 24 heavy (non-hydrogen) atoms. The van der Waals surface area contributed by atoms with Gasteiger partial charge in [0.1, 0.15) is 0 Å². The highest BCUT2D eigenvalue weighted by Gasteiger charge is 2.12. The van der Waals surface area contributed by atoms with Crippen LogP contribution in [0.4, 0.5) is 11.9 Å². The van der Waals surface area contributed by atoms with Gasteiger partial charge in [-0.05, 0) is 12.1 Å². The molecule has 128 valence electrons. The summed E-state index contributed by atoms with van der Waals surface area (Å²) < 4.78 is 0. The van der Waals surface area contributed by atoms with Crippen LogP contribution in [0.3, 0.4) is 0 Å². The summed E-state index contributed by atoms with van der Waals surface area (Å²) in [5.41, 5.74) is 0. The summed E-state index contributed by atoms with van der Waals surface area (Å²) >= 11 is 0. The van der Waals surface area contributed by atoms with Crippen molar-refractivity contribution in [2.24, 2.45) is 0 Å². The lowest BCUT2D eigenvalue weighted by Gasteiger charge is -2.26. The SMILES string of the molecule is c1cnc(N2CCNCC2)nc1.c1cnc(N2CCNCC2)nc1. The maximum absolute atomic E-state index is 4.19. The molecule has 2 aromatic heterocycles. The molecule has 4 heterocycles. The number of hydrogen-bond donors (Lipinski definition) is 2. The van der Waals surface area contributed by atoms with E-state index in [1.807, 2.05) is 12.1 Å². The van der Waals surface area contributed by atoms with E-state index in [2.05, 4.69) is 40.4 Å². The van der Waals surface area contributed by atoms with Crippen molar-refractivity contribution in [2.75, 3.05) is 62.2 Å². The van der Waals surface area contributed by atoms with E-state index in [-0.39, 0.29) is 0 Å². The molecule has 8 heteroatoms. The van der Waals surface area contributed by atoms with Gasteiger partial charge in [-0.1, -0.05) is 0 Å². The lowest BCUT2D eigenvalue weighted by molar-refractivity contribution is 0.580. The number of anilines is 2. The maximum atomic E-state index is 4.19. The Morgan fingerprint density at radius 3 is 1.25 bits per heavy atom. The van der Waals surface area contributed by atoms with Crippen molar-refractivity contribution in [1.29, 1.82) is 0 Å². The van der Waals surface area contributed by atoms with Gasteiger partial charge < -0.3 is 20.4 Å². The zero-order valence-corrected chi connectivity index (χ0v) is 13.8. The minimum absolute atomic E-state index is 0.846. The van der Waals surface area contributed by atoms with Crippen LogP contribution >= 0.6 is 0 Å². The summed E-state index contributed by atoms with van der Waals surface area (Å²) in [7, 11) is 0. The molecule has 8 nitrogen and oxygen atoms in total. The minimum atomic E-state index is 0.846. The summed E-state index contributed by atoms with van der Waals surface area (Å²) in [5.74, 6) is 1.69. The van der Waals surface area contributed by atoms with Gasteiger partial charge in [0, 0.05) is 77.1 Å². The number of rotatable bonds is 2. The lowest BCUT2D eigenvalue weighted by Crippen LogP contribution is -2.44. The molecular formula is C16H24N8. The van der Waals surface area contributed by atoms with Crippen molar-refractivity contribution in [3.8, 4) is 0 Å². The van der Waals surface area contributed by atoms with Crippen LogP contribution in [0.2, 0.25) is 0 Å².